The van der Waals surface area contributed by atoms with Crippen molar-refractivity contribution in [2.45, 2.75) is 13.3 Å². The molecule has 0 aliphatic carbocycles. The third kappa shape index (κ3) is 6.75. The lowest BCUT2D eigenvalue weighted by Gasteiger charge is -2.10. The maximum atomic E-state index is 11.7. The molecule has 21 heavy (non-hydrogen) atoms. The molecule has 114 valence electrons. The molecule has 0 fully saturated rings. The minimum Gasteiger partial charge on any atom is -0.481 e. The van der Waals surface area contributed by atoms with Crippen molar-refractivity contribution in [3.05, 3.63) is 28.2 Å². The molecule has 0 unspecified atom stereocenters. The molecule has 0 heterocycles. The minimum atomic E-state index is -1.00. The summed E-state index contributed by atoms with van der Waals surface area (Å²) in [6, 6.07) is 4.83. The summed E-state index contributed by atoms with van der Waals surface area (Å²) in [7, 11) is 0. The molecule has 0 saturated heterocycles. The standard InChI is InChI=1S/C13H16BrN3O4/c1-8-6-9(14)2-3-10(8)17-11(18)7-16-13(21)15-5-4-12(19)20/h2-3,6H,4-5,7H2,1H3,(H,17,18)(H,19,20)(H2,15,16,21). The van der Waals surface area contributed by atoms with Gasteiger partial charge in [-0.25, -0.2) is 4.79 Å². The van der Waals surface area contributed by atoms with Gasteiger partial charge in [-0.3, -0.25) is 9.59 Å². The number of carboxylic acid groups (broad SMARTS) is 1. The summed E-state index contributed by atoms with van der Waals surface area (Å²) in [6.45, 7) is 1.66. The van der Waals surface area contributed by atoms with E-state index in [9.17, 15) is 14.4 Å². The Hall–Kier alpha value is -2.09. The first kappa shape index (κ1) is 17.0. The zero-order valence-electron chi connectivity index (χ0n) is 11.4. The largest absolute Gasteiger partial charge is 0.481 e. The van der Waals surface area contributed by atoms with Crippen LogP contribution in [0.25, 0.3) is 0 Å². The van der Waals surface area contributed by atoms with Gasteiger partial charge < -0.3 is 21.1 Å². The first-order valence-electron chi connectivity index (χ1n) is 6.18. The van der Waals surface area contributed by atoms with Gasteiger partial charge in [0.25, 0.3) is 0 Å². The molecular formula is C13H16BrN3O4. The molecule has 1 rings (SSSR count). The monoisotopic (exact) mass is 357 g/mol. The predicted octanol–water partition coefficient (Wildman–Crippen LogP) is 1.47. The predicted molar refractivity (Wildman–Crippen MR) is 81.2 cm³/mol. The van der Waals surface area contributed by atoms with Gasteiger partial charge in [-0.1, -0.05) is 15.9 Å². The number of amides is 3. The number of hydrogen-bond acceptors (Lipinski definition) is 3. The van der Waals surface area contributed by atoms with E-state index < -0.39 is 12.0 Å². The van der Waals surface area contributed by atoms with Crippen molar-refractivity contribution in [2.75, 3.05) is 18.4 Å². The van der Waals surface area contributed by atoms with Gasteiger partial charge in [0.05, 0.1) is 13.0 Å². The average molecular weight is 358 g/mol. The third-order valence-electron chi connectivity index (χ3n) is 2.50. The quantitative estimate of drug-likeness (QED) is 0.618. The second-order valence-corrected chi connectivity index (χ2v) is 5.18. The summed E-state index contributed by atoms with van der Waals surface area (Å²) in [4.78, 5) is 33.2. The second-order valence-electron chi connectivity index (χ2n) is 4.26. The van der Waals surface area contributed by atoms with E-state index in [0.29, 0.717) is 5.69 Å². The Morgan fingerprint density at radius 3 is 2.57 bits per heavy atom. The molecule has 0 aromatic heterocycles. The van der Waals surface area contributed by atoms with Gasteiger partial charge in [0.1, 0.15) is 0 Å². The number of urea groups is 1. The summed E-state index contributed by atoms with van der Waals surface area (Å²) in [5, 5.41) is 15.8. The summed E-state index contributed by atoms with van der Waals surface area (Å²) < 4.78 is 0.911. The molecule has 4 N–H and O–H groups in total. The van der Waals surface area contributed by atoms with Crippen LogP contribution in [0.15, 0.2) is 22.7 Å². The molecule has 7 nitrogen and oxygen atoms in total. The summed E-state index contributed by atoms with van der Waals surface area (Å²) >= 11 is 3.33. The van der Waals surface area contributed by atoms with Crippen LogP contribution in [-0.4, -0.2) is 36.1 Å². The Balaban J connectivity index is 2.33. The van der Waals surface area contributed by atoms with E-state index in [1.807, 2.05) is 13.0 Å². The number of nitrogens with one attached hydrogen (secondary N) is 3. The van der Waals surface area contributed by atoms with E-state index in [2.05, 4.69) is 31.9 Å². The van der Waals surface area contributed by atoms with Crippen LogP contribution in [0.1, 0.15) is 12.0 Å². The van der Waals surface area contributed by atoms with Gasteiger partial charge in [-0.05, 0) is 30.7 Å². The Bertz CT molecular complexity index is 548. The van der Waals surface area contributed by atoms with Crippen LogP contribution in [-0.2, 0) is 9.59 Å². The number of rotatable bonds is 6. The molecule has 1 aromatic rings. The van der Waals surface area contributed by atoms with Crippen LogP contribution in [0.5, 0.6) is 0 Å². The maximum absolute atomic E-state index is 11.7. The number of carbonyl (C=O) groups is 3. The van der Waals surface area contributed by atoms with Crippen LogP contribution in [0, 0.1) is 6.92 Å². The highest BCUT2D eigenvalue weighted by molar-refractivity contribution is 9.10. The molecule has 0 aliphatic rings. The summed E-state index contributed by atoms with van der Waals surface area (Å²) in [5.74, 6) is -1.37. The van der Waals surface area contributed by atoms with Gasteiger partial charge >= 0.3 is 12.0 Å². The fraction of sp³-hybridized carbons (Fsp3) is 0.308. The number of aryl methyl sites for hydroxylation is 1. The number of carboxylic acids is 1. The molecule has 3 amide bonds. The Morgan fingerprint density at radius 1 is 1.24 bits per heavy atom. The van der Waals surface area contributed by atoms with Crippen molar-refractivity contribution in [1.82, 2.24) is 10.6 Å². The third-order valence-corrected chi connectivity index (χ3v) is 2.99. The van der Waals surface area contributed by atoms with E-state index in [1.165, 1.54) is 0 Å². The van der Waals surface area contributed by atoms with E-state index in [4.69, 9.17) is 5.11 Å². The molecule has 0 bridgehead atoms. The first-order chi connectivity index (χ1) is 9.88. The molecule has 0 saturated carbocycles. The van der Waals surface area contributed by atoms with Crippen molar-refractivity contribution in [1.29, 1.82) is 0 Å². The van der Waals surface area contributed by atoms with Crippen molar-refractivity contribution < 1.29 is 19.5 Å². The van der Waals surface area contributed by atoms with Gasteiger partial charge in [0, 0.05) is 16.7 Å². The summed E-state index contributed by atoms with van der Waals surface area (Å²) in [6.07, 6.45) is -0.169. The topological polar surface area (TPSA) is 108 Å². The van der Waals surface area contributed by atoms with Crippen molar-refractivity contribution in [3.8, 4) is 0 Å². The SMILES string of the molecule is Cc1cc(Br)ccc1NC(=O)CNC(=O)NCCC(=O)O. The second kappa shape index (κ2) is 8.25. The van der Waals surface area contributed by atoms with Gasteiger partial charge in [0.15, 0.2) is 0 Å². The Morgan fingerprint density at radius 2 is 1.95 bits per heavy atom. The highest BCUT2D eigenvalue weighted by Gasteiger charge is 2.07. The van der Waals surface area contributed by atoms with E-state index in [-0.39, 0.29) is 25.4 Å². The normalized spacial score (nSPS) is 9.81. The molecule has 0 atom stereocenters. The Labute approximate surface area is 130 Å². The maximum Gasteiger partial charge on any atom is 0.315 e. The molecule has 8 heteroatoms. The fourth-order valence-corrected chi connectivity index (χ4v) is 1.94. The smallest absolute Gasteiger partial charge is 0.315 e. The average Bonchev–Trinajstić information content (AvgIpc) is 2.39. The minimum absolute atomic E-state index is 0.00854. The van der Waals surface area contributed by atoms with E-state index in [0.717, 1.165) is 10.0 Å². The number of carbonyl (C=O) groups excluding carboxylic acids is 2. The molecule has 1 aromatic carbocycles. The van der Waals surface area contributed by atoms with Gasteiger partial charge in [-0.15, -0.1) is 0 Å². The van der Waals surface area contributed by atoms with Crippen LogP contribution >= 0.6 is 15.9 Å². The summed E-state index contributed by atoms with van der Waals surface area (Å²) in [5.41, 5.74) is 1.56. The van der Waals surface area contributed by atoms with E-state index in [1.54, 1.807) is 12.1 Å². The zero-order valence-corrected chi connectivity index (χ0v) is 13.0. The number of anilines is 1. The molecule has 0 radical (unpaired) electrons. The van der Waals surface area contributed by atoms with Gasteiger partial charge in [-0.2, -0.15) is 0 Å². The number of aliphatic carboxylic acids is 1. The van der Waals surface area contributed by atoms with Crippen molar-refractivity contribution in [2.24, 2.45) is 0 Å². The zero-order chi connectivity index (χ0) is 15.8. The highest BCUT2D eigenvalue weighted by Crippen LogP contribution is 2.19. The number of halogens is 1. The lowest BCUT2D eigenvalue weighted by Crippen LogP contribution is -2.40. The van der Waals surface area contributed by atoms with E-state index >= 15 is 0 Å². The lowest BCUT2D eigenvalue weighted by molar-refractivity contribution is -0.136. The number of hydrogen-bond donors (Lipinski definition) is 4. The van der Waals surface area contributed by atoms with Gasteiger partial charge in [0.2, 0.25) is 5.91 Å². The Kier molecular flexibility index (Phi) is 6.67. The molecule has 0 spiro atoms. The van der Waals surface area contributed by atoms with Crippen molar-refractivity contribution in [3.63, 3.8) is 0 Å². The van der Waals surface area contributed by atoms with Crippen LogP contribution < -0.4 is 16.0 Å². The first-order valence-corrected chi connectivity index (χ1v) is 6.97. The highest BCUT2D eigenvalue weighted by atomic mass is 79.9. The fourth-order valence-electron chi connectivity index (χ4n) is 1.47. The lowest BCUT2D eigenvalue weighted by atomic mass is 10.2. The van der Waals surface area contributed by atoms with Crippen molar-refractivity contribution >= 4 is 39.5 Å². The molecular weight excluding hydrogens is 342 g/mol. The van der Waals surface area contributed by atoms with Crippen LogP contribution in [0.4, 0.5) is 10.5 Å². The number of benzene rings is 1. The molecule has 0 aliphatic heterocycles. The van der Waals surface area contributed by atoms with Crippen LogP contribution in [0.3, 0.4) is 0 Å². The van der Waals surface area contributed by atoms with Crippen LogP contribution in [0.2, 0.25) is 0 Å².